The smallest absolute Gasteiger partial charge is 0.307 e. The van der Waals surface area contributed by atoms with Gasteiger partial charge in [-0.15, -0.1) is 0 Å². The molecule has 0 bridgehead atoms. The van der Waals surface area contributed by atoms with Gasteiger partial charge in [0.2, 0.25) is 23.7 Å². The van der Waals surface area contributed by atoms with Gasteiger partial charge in [0, 0.05) is 24.8 Å². The molecule has 2 aromatic heterocycles. The van der Waals surface area contributed by atoms with E-state index in [1.807, 2.05) is 11.9 Å². The molecule has 1 fully saturated rings. The Morgan fingerprint density at radius 2 is 2.03 bits per heavy atom. The number of likely N-dealkylation sites (tertiary alicyclic amines) is 1. The molecular weight excluding hydrogens is 463 g/mol. The van der Waals surface area contributed by atoms with Crippen molar-refractivity contribution in [2.75, 3.05) is 49.8 Å². The van der Waals surface area contributed by atoms with Gasteiger partial charge >= 0.3 is 4.87 Å². The monoisotopic (exact) mass is 490 g/mol. The van der Waals surface area contributed by atoms with Crippen molar-refractivity contribution in [1.29, 1.82) is 0 Å². The lowest BCUT2D eigenvalue weighted by atomic mass is 10.0. The summed E-state index contributed by atoms with van der Waals surface area (Å²) < 4.78 is 19.1. The maximum absolute atomic E-state index is 14.2. The van der Waals surface area contributed by atoms with Crippen molar-refractivity contribution in [2.45, 2.75) is 25.4 Å². The number of aromatic hydroxyl groups is 1. The minimum Gasteiger partial charge on any atom is -0.494 e. The molecule has 11 nitrogen and oxygen atoms in total. The second kappa shape index (κ2) is 10.2. The number of anilines is 4. The van der Waals surface area contributed by atoms with Crippen LogP contribution in [0.25, 0.3) is 0 Å². The molecule has 1 saturated heterocycles. The Balaban J connectivity index is 1.60. The summed E-state index contributed by atoms with van der Waals surface area (Å²) in [4.78, 5) is 31.7. The highest BCUT2D eigenvalue weighted by Gasteiger charge is 2.23. The minimum atomic E-state index is -0.513. The molecule has 0 atom stereocenters. The van der Waals surface area contributed by atoms with Crippen LogP contribution in [-0.4, -0.2) is 70.3 Å². The van der Waals surface area contributed by atoms with Gasteiger partial charge in [-0.3, -0.25) is 9.78 Å². The van der Waals surface area contributed by atoms with E-state index in [0.717, 1.165) is 37.3 Å². The fraction of sp³-hybridized carbons (Fsp3) is 0.429. The Labute approximate surface area is 199 Å². The van der Waals surface area contributed by atoms with Crippen LogP contribution in [0.1, 0.15) is 17.7 Å². The number of H-pyrrole nitrogens is 1. The molecule has 34 heavy (non-hydrogen) atoms. The molecule has 3 aromatic rings. The van der Waals surface area contributed by atoms with Crippen molar-refractivity contribution in [2.24, 2.45) is 0 Å². The van der Waals surface area contributed by atoms with Crippen LogP contribution in [0.3, 0.4) is 0 Å². The Morgan fingerprint density at radius 3 is 2.68 bits per heavy atom. The van der Waals surface area contributed by atoms with Crippen LogP contribution in [0, 0.1) is 5.82 Å². The van der Waals surface area contributed by atoms with Gasteiger partial charge in [-0.1, -0.05) is 11.3 Å². The first-order valence-corrected chi connectivity index (χ1v) is 11.6. The summed E-state index contributed by atoms with van der Waals surface area (Å²) in [5, 5.41) is 15.9. The van der Waals surface area contributed by atoms with Crippen molar-refractivity contribution < 1.29 is 14.2 Å². The number of benzene rings is 1. The number of halogens is 1. The zero-order chi connectivity index (χ0) is 24.2. The van der Waals surface area contributed by atoms with Crippen molar-refractivity contribution >= 4 is 34.9 Å². The van der Waals surface area contributed by atoms with Crippen LogP contribution in [0.2, 0.25) is 0 Å². The van der Waals surface area contributed by atoms with Gasteiger partial charge in [-0.25, -0.2) is 4.39 Å². The molecular formula is C21H27FN8O3S. The van der Waals surface area contributed by atoms with E-state index in [4.69, 9.17) is 4.74 Å². The van der Waals surface area contributed by atoms with Crippen LogP contribution in [-0.2, 0) is 6.54 Å². The van der Waals surface area contributed by atoms with Gasteiger partial charge in [-0.2, -0.15) is 15.0 Å². The second-order valence-corrected chi connectivity index (χ2v) is 9.11. The average Bonchev–Trinajstić information content (AvgIpc) is 3.14. The molecule has 0 radical (unpaired) electrons. The number of hydrogen-bond donors (Lipinski definition) is 4. The number of thiazole rings is 1. The normalized spacial score (nSPS) is 14.7. The Kier molecular flexibility index (Phi) is 7.12. The lowest BCUT2D eigenvalue weighted by Crippen LogP contribution is -2.42. The second-order valence-electron chi connectivity index (χ2n) is 8.04. The quantitative estimate of drug-likeness (QED) is 0.373. The predicted octanol–water partition coefficient (Wildman–Crippen LogP) is 2.36. The first-order chi connectivity index (χ1) is 16.3. The van der Waals surface area contributed by atoms with Gasteiger partial charge in [0.25, 0.3) is 0 Å². The minimum absolute atomic E-state index is 0.136. The predicted molar refractivity (Wildman–Crippen MR) is 129 cm³/mol. The molecule has 4 rings (SSSR count). The number of nitrogens with zero attached hydrogens (tertiary/aromatic N) is 5. The number of nitrogens with one attached hydrogen (secondary N) is 3. The van der Waals surface area contributed by atoms with E-state index in [2.05, 4.69) is 42.5 Å². The van der Waals surface area contributed by atoms with E-state index < -0.39 is 5.82 Å². The molecule has 1 aliphatic rings. The summed E-state index contributed by atoms with van der Waals surface area (Å²) in [6.07, 6.45) is 1.94. The lowest BCUT2D eigenvalue weighted by molar-refractivity contribution is 0.252. The summed E-state index contributed by atoms with van der Waals surface area (Å²) in [5.41, 5.74) is 0.449. The fourth-order valence-electron chi connectivity index (χ4n) is 3.71. The molecule has 182 valence electrons. The SMILES string of the molecule is COc1ccc(Nc2nc(NCc3sc(=O)[nH]c3O)nc(N(C)C3CCN(C)CC3)n2)cc1F. The molecule has 0 amide bonds. The summed E-state index contributed by atoms with van der Waals surface area (Å²) >= 11 is 0.900. The van der Waals surface area contributed by atoms with Crippen molar-refractivity contribution in [3.63, 3.8) is 0 Å². The van der Waals surface area contributed by atoms with E-state index in [-0.39, 0.29) is 41.0 Å². The third-order valence-electron chi connectivity index (χ3n) is 5.69. The highest BCUT2D eigenvalue weighted by Crippen LogP contribution is 2.25. The third kappa shape index (κ3) is 5.54. The van der Waals surface area contributed by atoms with Crippen molar-refractivity contribution in [1.82, 2.24) is 24.8 Å². The number of aromatic nitrogens is 4. The van der Waals surface area contributed by atoms with Crippen LogP contribution in [0.4, 0.5) is 27.9 Å². The first kappa shape index (κ1) is 23.7. The first-order valence-electron chi connectivity index (χ1n) is 10.7. The van der Waals surface area contributed by atoms with Gasteiger partial charge < -0.3 is 30.3 Å². The van der Waals surface area contributed by atoms with Gasteiger partial charge in [0.1, 0.15) is 0 Å². The molecule has 4 N–H and O–H groups in total. The number of hydrogen-bond acceptors (Lipinski definition) is 11. The number of aromatic amines is 1. The molecule has 13 heteroatoms. The van der Waals surface area contributed by atoms with E-state index in [9.17, 15) is 14.3 Å². The average molecular weight is 491 g/mol. The molecule has 1 aliphatic heterocycles. The number of piperidine rings is 1. The summed E-state index contributed by atoms with van der Waals surface area (Å²) in [7, 11) is 5.44. The Hall–Kier alpha value is -3.45. The van der Waals surface area contributed by atoms with E-state index >= 15 is 0 Å². The largest absolute Gasteiger partial charge is 0.494 e. The zero-order valence-corrected chi connectivity index (χ0v) is 19.9. The fourth-order valence-corrected chi connectivity index (χ4v) is 4.37. The van der Waals surface area contributed by atoms with Crippen molar-refractivity contribution in [3.05, 3.63) is 38.6 Å². The zero-order valence-electron chi connectivity index (χ0n) is 19.1. The highest BCUT2D eigenvalue weighted by molar-refractivity contribution is 7.09. The molecule has 0 saturated carbocycles. The number of rotatable bonds is 8. The highest BCUT2D eigenvalue weighted by atomic mass is 32.1. The standard InChI is InChI=1S/C21H27FN8O3S/c1-29-8-6-13(7-9-29)30(2)20-27-18(23-11-16-17(31)25-21(32)34-16)26-19(28-20)24-12-4-5-15(33-3)14(22)10-12/h4-5,10,13,31H,6-9,11H2,1-3H3,(H,25,32)(H2,23,24,26,27,28). The van der Waals surface area contributed by atoms with Crippen LogP contribution in [0.15, 0.2) is 23.0 Å². The molecule has 1 aromatic carbocycles. The van der Waals surface area contributed by atoms with E-state index in [1.54, 1.807) is 6.07 Å². The summed E-state index contributed by atoms with van der Waals surface area (Å²) in [6.45, 7) is 2.10. The number of methoxy groups -OCH3 is 1. The topological polar surface area (TPSA) is 132 Å². The molecule has 0 unspecified atom stereocenters. The molecule has 3 heterocycles. The molecule has 0 aliphatic carbocycles. The maximum Gasteiger partial charge on any atom is 0.307 e. The summed E-state index contributed by atoms with van der Waals surface area (Å²) in [5.74, 6) is 0.366. The van der Waals surface area contributed by atoms with E-state index in [1.165, 1.54) is 19.2 Å². The maximum atomic E-state index is 14.2. The molecule has 0 spiro atoms. The van der Waals surface area contributed by atoms with Crippen LogP contribution in [0.5, 0.6) is 11.6 Å². The van der Waals surface area contributed by atoms with Gasteiger partial charge in [-0.05, 0) is 45.1 Å². The summed E-state index contributed by atoms with van der Waals surface area (Å²) in [6, 6.07) is 4.73. The van der Waals surface area contributed by atoms with Crippen LogP contribution >= 0.6 is 11.3 Å². The van der Waals surface area contributed by atoms with Gasteiger partial charge in [0.05, 0.1) is 18.5 Å². The van der Waals surface area contributed by atoms with Crippen LogP contribution < -0.4 is 25.1 Å². The van der Waals surface area contributed by atoms with Gasteiger partial charge in [0.15, 0.2) is 11.6 Å². The Morgan fingerprint density at radius 1 is 1.29 bits per heavy atom. The lowest BCUT2D eigenvalue weighted by Gasteiger charge is -2.35. The van der Waals surface area contributed by atoms with Crippen molar-refractivity contribution in [3.8, 4) is 11.6 Å². The third-order valence-corrected chi connectivity index (χ3v) is 6.56. The Bertz CT molecular complexity index is 1200. The van der Waals surface area contributed by atoms with E-state index in [0.29, 0.717) is 16.5 Å². The number of ether oxygens (including phenoxy) is 1.